The van der Waals surface area contributed by atoms with Gasteiger partial charge in [-0.05, 0) is 56.9 Å². The molecule has 1 aliphatic rings. The lowest BCUT2D eigenvalue weighted by Crippen LogP contribution is -2.38. The van der Waals surface area contributed by atoms with Crippen LogP contribution in [-0.4, -0.2) is 24.8 Å². The zero-order chi connectivity index (χ0) is 14.8. The summed E-state index contributed by atoms with van der Waals surface area (Å²) in [6.07, 6.45) is 0.332. The van der Waals surface area contributed by atoms with Crippen LogP contribution in [0.3, 0.4) is 0 Å². The summed E-state index contributed by atoms with van der Waals surface area (Å²) in [6.45, 7) is 6.75. The van der Waals surface area contributed by atoms with Crippen LogP contribution in [0.2, 0.25) is 0 Å². The maximum atomic E-state index is 13.2. The Labute approximate surface area is 118 Å². The van der Waals surface area contributed by atoms with Gasteiger partial charge in [-0.25, -0.2) is 9.18 Å². The predicted molar refractivity (Wildman–Crippen MR) is 76.3 cm³/mol. The van der Waals surface area contributed by atoms with Gasteiger partial charge in [0.2, 0.25) is 0 Å². The SMILES string of the molecule is CC(C)(C)OC(=O)NC[C@@H]1CNc2ccc(F)cc2C1. The van der Waals surface area contributed by atoms with E-state index in [-0.39, 0.29) is 11.7 Å². The van der Waals surface area contributed by atoms with E-state index in [9.17, 15) is 9.18 Å². The number of ether oxygens (including phenoxy) is 1. The highest BCUT2D eigenvalue weighted by Gasteiger charge is 2.21. The fraction of sp³-hybridized carbons (Fsp3) is 0.533. The molecule has 0 aliphatic carbocycles. The largest absolute Gasteiger partial charge is 0.444 e. The monoisotopic (exact) mass is 280 g/mol. The third kappa shape index (κ3) is 4.11. The molecule has 0 spiro atoms. The third-order valence-electron chi connectivity index (χ3n) is 3.09. The molecular formula is C15H21FN2O2. The van der Waals surface area contributed by atoms with E-state index in [4.69, 9.17) is 4.74 Å². The second-order valence-corrected chi connectivity index (χ2v) is 6.14. The lowest BCUT2D eigenvalue weighted by molar-refractivity contribution is 0.0520. The van der Waals surface area contributed by atoms with E-state index in [1.807, 2.05) is 20.8 Å². The first-order chi connectivity index (χ1) is 9.33. The van der Waals surface area contributed by atoms with E-state index in [1.165, 1.54) is 6.07 Å². The number of rotatable bonds is 2. The molecule has 2 N–H and O–H groups in total. The zero-order valence-electron chi connectivity index (χ0n) is 12.1. The average Bonchev–Trinajstić information content (AvgIpc) is 2.33. The second-order valence-electron chi connectivity index (χ2n) is 6.14. The van der Waals surface area contributed by atoms with Gasteiger partial charge in [0.15, 0.2) is 0 Å². The first-order valence-corrected chi connectivity index (χ1v) is 6.82. The number of carbonyl (C=O) groups excluding carboxylic acids is 1. The molecular weight excluding hydrogens is 259 g/mol. The van der Waals surface area contributed by atoms with Crippen molar-refractivity contribution in [2.24, 2.45) is 5.92 Å². The number of carbonyl (C=O) groups is 1. The maximum absolute atomic E-state index is 13.2. The highest BCUT2D eigenvalue weighted by molar-refractivity contribution is 5.67. The molecule has 5 heteroatoms. The summed E-state index contributed by atoms with van der Waals surface area (Å²) in [6, 6.07) is 4.75. The lowest BCUT2D eigenvalue weighted by Gasteiger charge is -2.27. The fourth-order valence-corrected chi connectivity index (χ4v) is 2.23. The standard InChI is InChI=1S/C15H21FN2O2/c1-15(2,3)20-14(19)18-9-10-6-11-7-12(16)4-5-13(11)17-8-10/h4-5,7,10,17H,6,8-9H2,1-3H3,(H,18,19)/t10-/m0/s1. The molecule has 110 valence electrons. The number of nitrogens with one attached hydrogen (secondary N) is 2. The number of hydrogen-bond donors (Lipinski definition) is 2. The Bertz CT molecular complexity index is 497. The number of benzene rings is 1. The van der Waals surface area contributed by atoms with Crippen molar-refractivity contribution in [1.29, 1.82) is 0 Å². The molecule has 1 aliphatic heterocycles. The molecule has 20 heavy (non-hydrogen) atoms. The van der Waals surface area contributed by atoms with Gasteiger partial charge >= 0.3 is 6.09 Å². The molecule has 4 nitrogen and oxygen atoms in total. The molecule has 0 unspecified atom stereocenters. The van der Waals surface area contributed by atoms with Crippen molar-refractivity contribution in [2.75, 3.05) is 18.4 Å². The van der Waals surface area contributed by atoms with Crippen molar-refractivity contribution in [3.8, 4) is 0 Å². The van der Waals surface area contributed by atoms with E-state index < -0.39 is 11.7 Å². The fourth-order valence-electron chi connectivity index (χ4n) is 2.23. The van der Waals surface area contributed by atoms with Gasteiger partial charge in [-0.1, -0.05) is 0 Å². The van der Waals surface area contributed by atoms with Gasteiger partial charge < -0.3 is 15.4 Å². The van der Waals surface area contributed by atoms with E-state index >= 15 is 0 Å². The number of fused-ring (bicyclic) bond motifs is 1. The summed E-state index contributed by atoms with van der Waals surface area (Å²) in [5.41, 5.74) is 1.43. The minimum atomic E-state index is -0.495. The minimum absolute atomic E-state index is 0.230. The maximum Gasteiger partial charge on any atom is 0.407 e. The van der Waals surface area contributed by atoms with Crippen LogP contribution in [0.4, 0.5) is 14.9 Å². The Morgan fingerprint density at radius 3 is 2.95 bits per heavy atom. The molecule has 0 saturated heterocycles. The van der Waals surface area contributed by atoms with Gasteiger partial charge in [-0.3, -0.25) is 0 Å². The molecule has 0 saturated carbocycles. The van der Waals surface area contributed by atoms with Gasteiger partial charge in [0.1, 0.15) is 11.4 Å². The number of hydrogen-bond acceptors (Lipinski definition) is 3. The Hall–Kier alpha value is -1.78. The van der Waals surface area contributed by atoms with Gasteiger partial charge in [0, 0.05) is 18.8 Å². The third-order valence-corrected chi connectivity index (χ3v) is 3.09. The van der Waals surface area contributed by atoms with Gasteiger partial charge in [0.05, 0.1) is 0 Å². The van der Waals surface area contributed by atoms with Gasteiger partial charge in [-0.2, -0.15) is 0 Å². The van der Waals surface area contributed by atoms with Crippen LogP contribution in [0.15, 0.2) is 18.2 Å². The van der Waals surface area contributed by atoms with Gasteiger partial charge in [0.25, 0.3) is 0 Å². The first kappa shape index (κ1) is 14.6. The molecule has 0 bridgehead atoms. The van der Waals surface area contributed by atoms with Crippen molar-refractivity contribution >= 4 is 11.8 Å². The number of anilines is 1. The van der Waals surface area contributed by atoms with E-state index in [0.717, 1.165) is 24.2 Å². The first-order valence-electron chi connectivity index (χ1n) is 6.82. The van der Waals surface area contributed by atoms with Crippen LogP contribution in [-0.2, 0) is 11.2 Å². The van der Waals surface area contributed by atoms with Crippen LogP contribution >= 0.6 is 0 Å². The van der Waals surface area contributed by atoms with Gasteiger partial charge in [-0.15, -0.1) is 0 Å². The normalized spacial score (nSPS) is 17.9. The quantitative estimate of drug-likeness (QED) is 0.875. The smallest absolute Gasteiger partial charge is 0.407 e. The average molecular weight is 280 g/mol. The molecule has 1 aromatic carbocycles. The van der Waals surface area contributed by atoms with Crippen molar-refractivity contribution in [3.05, 3.63) is 29.6 Å². The van der Waals surface area contributed by atoms with Crippen molar-refractivity contribution in [1.82, 2.24) is 5.32 Å². The summed E-state index contributed by atoms with van der Waals surface area (Å²) in [7, 11) is 0. The number of amides is 1. The molecule has 2 rings (SSSR count). The summed E-state index contributed by atoms with van der Waals surface area (Å²) >= 11 is 0. The van der Waals surface area contributed by atoms with Crippen molar-refractivity contribution < 1.29 is 13.9 Å². The summed E-state index contributed by atoms with van der Waals surface area (Å²) < 4.78 is 18.4. The molecule has 1 amide bonds. The van der Waals surface area contributed by atoms with Crippen molar-refractivity contribution in [3.63, 3.8) is 0 Å². The molecule has 1 heterocycles. The van der Waals surface area contributed by atoms with Crippen LogP contribution in [0, 0.1) is 11.7 Å². The Morgan fingerprint density at radius 2 is 2.25 bits per heavy atom. The highest BCUT2D eigenvalue weighted by atomic mass is 19.1. The molecule has 0 aromatic heterocycles. The van der Waals surface area contributed by atoms with E-state index in [0.29, 0.717) is 6.54 Å². The van der Waals surface area contributed by atoms with Crippen LogP contribution < -0.4 is 10.6 Å². The summed E-state index contributed by atoms with van der Waals surface area (Å²) in [4.78, 5) is 11.6. The predicted octanol–water partition coefficient (Wildman–Crippen LogP) is 2.93. The number of halogens is 1. The van der Waals surface area contributed by atoms with Crippen molar-refractivity contribution in [2.45, 2.75) is 32.8 Å². The molecule has 1 atom stereocenters. The van der Waals surface area contributed by atoms with Crippen LogP contribution in [0.25, 0.3) is 0 Å². The lowest BCUT2D eigenvalue weighted by atomic mass is 9.94. The molecule has 0 fully saturated rings. The molecule has 1 aromatic rings. The highest BCUT2D eigenvalue weighted by Crippen LogP contribution is 2.25. The minimum Gasteiger partial charge on any atom is -0.444 e. The topological polar surface area (TPSA) is 50.4 Å². The van der Waals surface area contributed by atoms with Crippen LogP contribution in [0.1, 0.15) is 26.3 Å². The Kier molecular flexibility index (Phi) is 4.16. The summed E-state index contributed by atoms with van der Waals surface area (Å²) in [5, 5.41) is 6.01. The summed E-state index contributed by atoms with van der Waals surface area (Å²) in [5.74, 6) is 0.00289. The van der Waals surface area contributed by atoms with E-state index in [1.54, 1.807) is 12.1 Å². The Balaban J connectivity index is 1.86. The second kappa shape index (κ2) is 5.69. The number of alkyl carbamates (subject to hydrolysis) is 1. The van der Waals surface area contributed by atoms with Crippen LogP contribution in [0.5, 0.6) is 0 Å². The molecule has 0 radical (unpaired) electrons. The van der Waals surface area contributed by atoms with E-state index in [2.05, 4.69) is 10.6 Å². The Morgan fingerprint density at radius 1 is 1.50 bits per heavy atom. The zero-order valence-corrected chi connectivity index (χ0v) is 12.1.